The number of rotatable bonds is 8. The first kappa shape index (κ1) is 18.2. The Morgan fingerprint density at radius 2 is 2.05 bits per heavy atom. The summed E-state index contributed by atoms with van der Waals surface area (Å²) >= 11 is 0.996. The zero-order chi connectivity index (χ0) is 15.5. The lowest BCUT2D eigenvalue weighted by atomic mass is 10.2. The van der Waals surface area contributed by atoms with Gasteiger partial charge in [0.2, 0.25) is 6.10 Å². The summed E-state index contributed by atoms with van der Waals surface area (Å²) < 4.78 is 9.69. The zero-order valence-corrected chi connectivity index (χ0v) is 12.3. The van der Waals surface area contributed by atoms with Gasteiger partial charge in [0.25, 0.3) is 0 Å². The molecule has 0 bridgehead atoms. The van der Waals surface area contributed by atoms with Crippen molar-refractivity contribution < 1.29 is 23.9 Å². The third kappa shape index (κ3) is 7.59. The lowest BCUT2D eigenvalue weighted by Crippen LogP contribution is -2.31. The number of esters is 2. The molecule has 0 saturated carbocycles. The highest BCUT2D eigenvalue weighted by molar-refractivity contribution is 8.13. The molecule has 0 rings (SSSR count). The van der Waals surface area contributed by atoms with Crippen LogP contribution in [0.2, 0.25) is 0 Å². The second kappa shape index (κ2) is 10.0. The minimum absolute atomic E-state index is 0.0198. The van der Waals surface area contributed by atoms with Crippen molar-refractivity contribution in [2.24, 2.45) is 5.92 Å². The Bertz CT molecular complexity index is 415. The molecule has 0 radical (unpaired) electrons. The summed E-state index contributed by atoms with van der Waals surface area (Å²) in [6, 6.07) is 1.76. The van der Waals surface area contributed by atoms with E-state index in [2.05, 4.69) is 6.58 Å². The molecular formula is C13H17NO5S. The average Bonchev–Trinajstić information content (AvgIpc) is 2.41. The smallest absolute Gasteiger partial charge is 0.348 e. The van der Waals surface area contributed by atoms with Crippen molar-refractivity contribution in [1.29, 1.82) is 5.26 Å². The standard InChI is InChI=1S/C13H17NO5S/c1-4-7-18-13(17)11(5-6-14)19-12(16)9(2)8-20-10(3)15/h4,9,11H,1,5,7-8H2,2-3H3/t9-,11+/m1/s1. The van der Waals surface area contributed by atoms with Gasteiger partial charge in [0.1, 0.15) is 6.61 Å². The number of carbonyl (C=O) groups is 3. The second-order valence-electron chi connectivity index (χ2n) is 3.91. The third-order valence-corrected chi connectivity index (χ3v) is 3.15. The normalized spacial score (nSPS) is 12.7. The maximum absolute atomic E-state index is 11.7. The maximum Gasteiger partial charge on any atom is 0.348 e. The number of thioether (sulfide) groups is 1. The van der Waals surface area contributed by atoms with Crippen LogP contribution < -0.4 is 0 Å². The first-order valence-corrected chi connectivity index (χ1v) is 6.89. The van der Waals surface area contributed by atoms with Crippen molar-refractivity contribution in [1.82, 2.24) is 0 Å². The highest BCUT2D eigenvalue weighted by Crippen LogP contribution is 2.13. The number of carbonyl (C=O) groups excluding carboxylic acids is 3. The van der Waals surface area contributed by atoms with Gasteiger partial charge >= 0.3 is 11.9 Å². The summed E-state index contributed by atoms with van der Waals surface area (Å²) in [5, 5.41) is 8.51. The molecule has 0 aliphatic rings. The number of hydrogen-bond acceptors (Lipinski definition) is 7. The van der Waals surface area contributed by atoms with Crippen LogP contribution in [0.4, 0.5) is 0 Å². The van der Waals surface area contributed by atoms with Crippen LogP contribution in [0, 0.1) is 17.2 Å². The molecule has 0 saturated heterocycles. The minimum Gasteiger partial charge on any atom is -0.459 e. The molecule has 0 unspecified atom stereocenters. The van der Waals surface area contributed by atoms with Crippen molar-refractivity contribution in [2.45, 2.75) is 26.4 Å². The van der Waals surface area contributed by atoms with Gasteiger partial charge in [0.05, 0.1) is 18.4 Å². The van der Waals surface area contributed by atoms with Crippen molar-refractivity contribution in [3.8, 4) is 6.07 Å². The molecule has 0 spiro atoms. The van der Waals surface area contributed by atoms with Gasteiger partial charge in [-0.1, -0.05) is 31.3 Å². The van der Waals surface area contributed by atoms with Crippen LogP contribution in [-0.4, -0.2) is 35.5 Å². The van der Waals surface area contributed by atoms with E-state index in [0.29, 0.717) is 0 Å². The summed E-state index contributed by atoms with van der Waals surface area (Å²) in [6.45, 7) is 6.34. The first-order valence-electron chi connectivity index (χ1n) is 5.90. The zero-order valence-electron chi connectivity index (χ0n) is 11.5. The van der Waals surface area contributed by atoms with Gasteiger partial charge in [-0.3, -0.25) is 9.59 Å². The van der Waals surface area contributed by atoms with Gasteiger partial charge in [-0.15, -0.1) is 0 Å². The Morgan fingerprint density at radius 1 is 1.40 bits per heavy atom. The molecule has 2 atom stereocenters. The molecule has 0 aliphatic carbocycles. The van der Waals surface area contributed by atoms with E-state index >= 15 is 0 Å². The van der Waals surface area contributed by atoms with Crippen LogP contribution >= 0.6 is 11.8 Å². The summed E-state index contributed by atoms with van der Waals surface area (Å²) in [5.74, 6) is -1.73. The summed E-state index contributed by atoms with van der Waals surface area (Å²) in [7, 11) is 0. The number of ether oxygens (including phenoxy) is 2. The lowest BCUT2D eigenvalue weighted by Gasteiger charge is -2.16. The van der Waals surface area contributed by atoms with Crippen LogP contribution in [-0.2, 0) is 23.9 Å². The molecule has 0 aromatic carbocycles. The van der Waals surface area contributed by atoms with Crippen molar-refractivity contribution in [3.05, 3.63) is 12.7 Å². The van der Waals surface area contributed by atoms with E-state index in [9.17, 15) is 14.4 Å². The van der Waals surface area contributed by atoms with Gasteiger partial charge in [-0.05, 0) is 0 Å². The van der Waals surface area contributed by atoms with Crippen LogP contribution in [0.25, 0.3) is 0 Å². The van der Waals surface area contributed by atoms with E-state index in [1.807, 2.05) is 0 Å². The van der Waals surface area contributed by atoms with Gasteiger partial charge < -0.3 is 9.47 Å². The molecule has 0 amide bonds. The van der Waals surface area contributed by atoms with Crippen molar-refractivity contribution >= 4 is 28.8 Å². The molecule has 0 aromatic rings. The Labute approximate surface area is 122 Å². The fraction of sp³-hybridized carbons (Fsp3) is 0.538. The molecule has 7 heteroatoms. The van der Waals surface area contributed by atoms with Crippen molar-refractivity contribution in [3.63, 3.8) is 0 Å². The SMILES string of the molecule is C=CCOC(=O)[C@H](CC#N)OC(=O)[C@H](C)CSC(C)=O. The Balaban J connectivity index is 4.46. The molecule has 6 nitrogen and oxygen atoms in total. The largest absolute Gasteiger partial charge is 0.459 e. The topological polar surface area (TPSA) is 93.5 Å². The molecule has 20 heavy (non-hydrogen) atoms. The van der Waals surface area contributed by atoms with E-state index in [4.69, 9.17) is 14.7 Å². The Kier molecular flexibility index (Phi) is 9.13. The first-order chi connectivity index (χ1) is 9.42. The van der Waals surface area contributed by atoms with Crippen LogP contribution in [0.15, 0.2) is 12.7 Å². The second-order valence-corrected chi connectivity index (χ2v) is 5.11. The molecule has 0 fully saturated rings. The Hall–Kier alpha value is -1.81. The highest BCUT2D eigenvalue weighted by atomic mass is 32.2. The minimum atomic E-state index is -1.25. The average molecular weight is 299 g/mol. The molecule has 0 aromatic heterocycles. The van der Waals surface area contributed by atoms with Crippen LogP contribution in [0.3, 0.4) is 0 Å². The lowest BCUT2D eigenvalue weighted by molar-refractivity contribution is -0.168. The molecule has 0 N–H and O–H groups in total. The maximum atomic E-state index is 11.7. The fourth-order valence-corrected chi connectivity index (χ4v) is 1.68. The molecule has 0 aliphatic heterocycles. The third-order valence-electron chi connectivity index (χ3n) is 2.08. The van der Waals surface area contributed by atoms with Gasteiger partial charge in [0.15, 0.2) is 5.12 Å². The fourth-order valence-electron chi connectivity index (χ4n) is 1.06. The van der Waals surface area contributed by atoms with E-state index in [-0.39, 0.29) is 23.9 Å². The van der Waals surface area contributed by atoms with Crippen molar-refractivity contribution in [2.75, 3.05) is 12.4 Å². The van der Waals surface area contributed by atoms with Gasteiger partial charge in [-0.2, -0.15) is 5.26 Å². The van der Waals surface area contributed by atoms with Gasteiger partial charge in [-0.25, -0.2) is 4.79 Å². The summed E-state index contributed by atoms with van der Waals surface area (Å²) in [6.07, 6.45) is -0.166. The van der Waals surface area contributed by atoms with Gasteiger partial charge in [0, 0.05) is 12.7 Å². The molecular weight excluding hydrogens is 282 g/mol. The number of nitriles is 1. The predicted octanol–water partition coefficient (Wildman–Crippen LogP) is 1.46. The monoisotopic (exact) mass is 299 g/mol. The molecule has 0 heterocycles. The van der Waals surface area contributed by atoms with E-state index in [1.54, 1.807) is 13.0 Å². The van der Waals surface area contributed by atoms with E-state index in [0.717, 1.165) is 11.8 Å². The molecule has 110 valence electrons. The highest BCUT2D eigenvalue weighted by Gasteiger charge is 2.26. The Morgan fingerprint density at radius 3 is 2.55 bits per heavy atom. The summed E-state index contributed by atoms with van der Waals surface area (Å²) in [5.41, 5.74) is 0. The van der Waals surface area contributed by atoms with Crippen LogP contribution in [0.5, 0.6) is 0 Å². The van der Waals surface area contributed by atoms with E-state index in [1.165, 1.54) is 13.0 Å². The quantitative estimate of drug-likeness (QED) is 0.494. The number of nitrogens with zero attached hydrogens (tertiary/aromatic N) is 1. The van der Waals surface area contributed by atoms with Crippen LogP contribution in [0.1, 0.15) is 20.3 Å². The predicted molar refractivity (Wildman–Crippen MR) is 73.6 cm³/mol. The summed E-state index contributed by atoms with van der Waals surface area (Å²) in [4.78, 5) is 34.1. The number of hydrogen-bond donors (Lipinski definition) is 0. The van der Waals surface area contributed by atoms with E-state index < -0.39 is 24.0 Å².